The van der Waals surface area contributed by atoms with Crippen LogP contribution in [0, 0.1) is 5.92 Å². The number of hydrogen-bond acceptors (Lipinski definition) is 3. The van der Waals surface area contributed by atoms with Gasteiger partial charge in [-0.2, -0.15) is 0 Å². The average molecular weight is 210 g/mol. The number of ether oxygens (including phenoxy) is 2. The standard InChI is InChI=1S/C12H18O3/c1-2-14-10-6-9(7-10)8-11(13)12-4-3-5-15-12/h4,9-10H,2-3,5-8H2,1H3. The second-order valence-corrected chi connectivity index (χ2v) is 4.25. The van der Waals surface area contributed by atoms with Gasteiger partial charge in [0.05, 0.1) is 12.7 Å². The summed E-state index contributed by atoms with van der Waals surface area (Å²) in [5.41, 5.74) is 0. The molecule has 1 saturated carbocycles. The second kappa shape index (κ2) is 4.79. The molecule has 0 N–H and O–H groups in total. The van der Waals surface area contributed by atoms with Crippen LogP contribution in [0.4, 0.5) is 0 Å². The van der Waals surface area contributed by atoms with E-state index in [1.165, 1.54) is 0 Å². The van der Waals surface area contributed by atoms with Gasteiger partial charge in [-0.25, -0.2) is 0 Å². The number of ketones is 1. The van der Waals surface area contributed by atoms with Gasteiger partial charge in [0.15, 0.2) is 11.5 Å². The molecule has 2 aliphatic rings. The van der Waals surface area contributed by atoms with Crippen LogP contribution in [0.25, 0.3) is 0 Å². The first-order valence-corrected chi connectivity index (χ1v) is 5.77. The van der Waals surface area contributed by atoms with Crippen molar-refractivity contribution in [3.63, 3.8) is 0 Å². The summed E-state index contributed by atoms with van der Waals surface area (Å²) in [4.78, 5) is 11.7. The number of carbonyl (C=O) groups excluding carboxylic acids is 1. The minimum Gasteiger partial charge on any atom is -0.490 e. The van der Waals surface area contributed by atoms with Gasteiger partial charge in [0.1, 0.15) is 0 Å². The van der Waals surface area contributed by atoms with Gasteiger partial charge in [-0.05, 0) is 31.8 Å². The molecule has 0 atom stereocenters. The summed E-state index contributed by atoms with van der Waals surface area (Å²) in [5, 5.41) is 0. The normalized spacial score (nSPS) is 29.3. The Labute approximate surface area is 90.4 Å². The van der Waals surface area contributed by atoms with E-state index in [9.17, 15) is 4.79 Å². The Morgan fingerprint density at radius 2 is 2.40 bits per heavy atom. The Balaban J connectivity index is 1.68. The quantitative estimate of drug-likeness (QED) is 0.696. The minimum atomic E-state index is 0.174. The van der Waals surface area contributed by atoms with Crippen LogP contribution >= 0.6 is 0 Å². The van der Waals surface area contributed by atoms with Gasteiger partial charge in [-0.3, -0.25) is 4.79 Å². The Bertz CT molecular complexity index is 264. The minimum absolute atomic E-state index is 0.174. The van der Waals surface area contributed by atoms with Crippen molar-refractivity contribution in [1.82, 2.24) is 0 Å². The van der Waals surface area contributed by atoms with Crippen LogP contribution in [0.15, 0.2) is 11.8 Å². The topological polar surface area (TPSA) is 35.5 Å². The summed E-state index contributed by atoms with van der Waals surface area (Å²) in [5.74, 6) is 1.28. The van der Waals surface area contributed by atoms with Gasteiger partial charge in [0.2, 0.25) is 0 Å². The Hall–Kier alpha value is -0.830. The van der Waals surface area contributed by atoms with E-state index in [4.69, 9.17) is 9.47 Å². The fraction of sp³-hybridized carbons (Fsp3) is 0.750. The average Bonchev–Trinajstić information content (AvgIpc) is 2.67. The molecule has 0 spiro atoms. The number of rotatable bonds is 5. The molecule has 84 valence electrons. The molecule has 1 heterocycles. The van der Waals surface area contributed by atoms with Gasteiger partial charge in [-0.1, -0.05) is 0 Å². The molecular formula is C12H18O3. The number of allylic oxidation sites excluding steroid dienone is 1. The smallest absolute Gasteiger partial charge is 0.197 e. The van der Waals surface area contributed by atoms with Crippen LogP contribution in [0.2, 0.25) is 0 Å². The third-order valence-corrected chi connectivity index (χ3v) is 3.05. The molecule has 0 radical (unpaired) electrons. The zero-order valence-electron chi connectivity index (χ0n) is 9.20. The number of Topliss-reactive ketones (excluding diaryl/α,β-unsaturated/α-hetero) is 1. The highest BCUT2D eigenvalue weighted by Gasteiger charge is 2.32. The summed E-state index contributed by atoms with van der Waals surface area (Å²) in [7, 11) is 0. The maximum atomic E-state index is 11.7. The maximum Gasteiger partial charge on any atom is 0.197 e. The fourth-order valence-corrected chi connectivity index (χ4v) is 2.19. The molecule has 0 aromatic carbocycles. The molecule has 1 aliphatic carbocycles. The zero-order valence-corrected chi connectivity index (χ0v) is 9.20. The largest absolute Gasteiger partial charge is 0.490 e. The molecule has 15 heavy (non-hydrogen) atoms. The van der Waals surface area contributed by atoms with E-state index in [-0.39, 0.29) is 5.78 Å². The highest BCUT2D eigenvalue weighted by molar-refractivity contribution is 5.93. The van der Waals surface area contributed by atoms with Crippen LogP contribution < -0.4 is 0 Å². The summed E-state index contributed by atoms with van der Waals surface area (Å²) in [6.45, 7) is 3.46. The lowest BCUT2D eigenvalue weighted by Gasteiger charge is -2.34. The molecule has 3 nitrogen and oxygen atoms in total. The Kier molecular flexibility index (Phi) is 3.41. The molecule has 3 heteroatoms. The summed E-state index contributed by atoms with van der Waals surface area (Å²) < 4.78 is 10.7. The lowest BCUT2D eigenvalue weighted by molar-refractivity contribution is -0.121. The first-order valence-electron chi connectivity index (χ1n) is 5.77. The van der Waals surface area contributed by atoms with E-state index in [0.29, 0.717) is 30.8 Å². The van der Waals surface area contributed by atoms with Crippen molar-refractivity contribution in [1.29, 1.82) is 0 Å². The van der Waals surface area contributed by atoms with Gasteiger partial charge < -0.3 is 9.47 Å². The second-order valence-electron chi connectivity index (χ2n) is 4.25. The summed E-state index contributed by atoms with van der Waals surface area (Å²) in [6.07, 6.45) is 5.88. The van der Waals surface area contributed by atoms with E-state index in [1.807, 2.05) is 13.0 Å². The molecule has 0 amide bonds. The van der Waals surface area contributed by atoms with Crippen LogP contribution in [0.3, 0.4) is 0 Å². The molecule has 2 rings (SSSR count). The van der Waals surface area contributed by atoms with Gasteiger partial charge in [-0.15, -0.1) is 0 Å². The molecule has 1 fully saturated rings. The highest BCUT2D eigenvalue weighted by Crippen LogP contribution is 2.33. The highest BCUT2D eigenvalue weighted by atomic mass is 16.5. The predicted octanol–water partition coefficient (Wildman–Crippen LogP) is 2.06. The molecule has 1 aliphatic heterocycles. The zero-order chi connectivity index (χ0) is 10.7. The van der Waals surface area contributed by atoms with Crippen LogP contribution in [-0.2, 0) is 14.3 Å². The van der Waals surface area contributed by atoms with Crippen molar-refractivity contribution in [2.75, 3.05) is 13.2 Å². The van der Waals surface area contributed by atoms with Crippen molar-refractivity contribution in [3.05, 3.63) is 11.8 Å². The Morgan fingerprint density at radius 1 is 1.60 bits per heavy atom. The predicted molar refractivity (Wildman–Crippen MR) is 56.4 cm³/mol. The third-order valence-electron chi connectivity index (χ3n) is 3.05. The molecule has 0 aromatic rings. The first kappa shape index (κ1) is 10.7. The lowest BCUT2D eigenvalue weighted by atomic mass is 9.79. The fourth-order valence-electron chi connectivity index (χ4n) is 2.19. The summed E-state index contributed by atoms with van der Waals surface area (Å²) in [6, 6.07) is 0. The van der Waals surface area contributed by atoms with Crippen molar-refractivity contribution in [2.45, 2.75) is 38.7 Å². The number of hydrogen-bond donors (Lipinski definition) is 0. The lowest BCUT2D eigenvalue weighted by Crippen LogP contribution is -2.33. The van der Waals surface area contributed by atoms with Crippen molar-refractivity contribution >= 4 is 5.78 Å². The van der Waals surface area contributed by atoms with Crippen molar-refractivity contribution in [3.8, 4) is 0 Å². The van der Waals surface area contributed by atoms with E-state index >= 15 is 0 Å². The maximum absolute atomic E-state index is 11.7. The van der Waals surface area contributed by atoms with Crippen molar-refractivity contribution < 1.29 is 14.3 Å². The molecule has 0 aromatic heterocycles. The van der Waals surface area contributed by atoms with Gasteiger partial charge >= 0.3 is 0 Å². The van der Waals surface area contributed by atoms with Crippen LogP contribution in [0.1, 0.15) is 32.6 Å². The van der Waals surface area contributed by atoms with E-state index in [0.717, 1.165) is 25.9 Å². The summed E-state index contributed by atoms with van der Waals surface area (Å²) >= 11 is 0. The van der Waals surface area contributed by atoms with E-state index in [1.54, 1.807) is 0 Å². The van der Waals surface area contributed by atoms with E-state index < -0.39 is 0 Å². The molecular weight excluding hydrogens is 192 g/mol. The van der Waals surface area contributed by atoms with Crippen LogP contribution in [0.5, 0.6) is 0 Å². The number of carbonyl (C=O) groups is 1. The van der Waals surface area contributed by atoms with Gasteiger partial charge in [0.25, 0.3) is 0 Å². The van der Waals surface area contributed by atoms with Gasteiger partial charge in [0, 0.05) is 19.4 Å². The first-order chi connectivity index (χ1) is 7.29. The Morgan fingerprint density at radius 3 is 3.00 bits per heavy atom. The molecule has 0 saturated heterocycles. The third kappa shape index (κ3) is 2.59. The SMILES string of the molecule is CCOC1CC(CC(=O)C2=CCCO2)C1. The monoisotopic (exact) mass is 210 g/mol. The van der Waals surface area contributed by atoms with Crippen LogP contribution in [-0.4, -0.2) is 25.1 Å². The van der Waals surface area contributed by atoms with E-state index in [2.05, 4.69) is 0 Å². The molecule has 0 bridgehead atoms. The van der Waals surface area contributed by atoms with Crippen molar-refractivity contribution in [2.24, 2.45) is 5.92 Å². The molecule has 0 unspecified atom stereocenters.